The second kappa shape index (κ2) is 7.39. The van der Waals surface area contributed by atoms with Crippen molar-refractivity contribution in [1.82, 2.24) is 9.21 Å². The fourth-order valence-electron chi connectivity index (χ4n) is 3.50. The van der Waals surface area contributed by atoms with Crippen molar-refractivity contribution in [3.63, 3.8) is 0 Å². The monoisotopic (exact) mass is 374 g/mol. The molecule has 140 valence electrons. The van der Waals surface area contributed by atoms with Gasteiger partial charge in [-0.1, -0.05) is 29.8 Å². The van der Waals surface area contributed by atoms with Gasteiger partial charge in [-0.25, -0.2) is 8.42 Å². The van der Waals surface area contributed by atoms with Gasteiger partial charge in [-0.2, -0.15) is 4.31 Å². The normalized spacial score (nSPS) is 19.5. The molecule has 1 fully saturated rings. The average Bonchev–Trinajstić information content (AvgIpc) is 2.61. The molecule has 0 aliphatic carbocycles. The van der Waals surface area contributed by atoms with E-state index in [-0.39, 0.29) is 6.04 Å². The average molecular weight is 375 g/mol. The largest absolute Gasteiger partial charge is 0.497 e. The van der Waals surface area contributed by atoms with Crippen LogP contribution in [0, 0.1) is 13.8 Å². The predicted molar refractivity (Wildman–Crippen MR) is 103 cm³/mol. The molecular weight excluding hydrogens is 348 g/mol. The maximum Gasteiger partial charge on any atom is 0.243 e. The maximum atomic E-state index is 13.2. The molecule has 0 aromatic heterocycles. The van der Waals surface area contributed by atoms with Crippen molar-refractivity contribution < 1.29 is 13.2 Å². The van der Waals surface area contributed by atoms with Gasteiger partial charge in [0.25, 0.3) is 0 Å². The summed E-state index contributed by atoms with van der Waals surface area (Å²) in [4.78, 5) is 2.60. The van der Waals surface area contributed by atoms with Crippen LogP contribution >= 0.6 is 0 Å². The standard InChI is InChI=1S/C20H26N2O3S/c1-15-8-9-20(16(2)12-15)26(23,24)22-11-10-21(3)19(14-22)17-6-5-7-18(13-17)25-4/h5-9,12-13,19H,10-11,14H2,1-4H3. The van der Waals surface area contributed by atoms with Crippen molar-refractivity contribution in [2.45, 2.75) is 24.8 Å². The molecule has 1 saturated heterocycles. The number of rotatable bonds is 4. The Labute approximate surface area is 156 Å². The van der Waals surface area contributed by atoms with Crippen molar-refractivity contribution in [2.24, 2.45) is 0 Å². The molecule has 6 heteroatoms. The smallest absolute Gasteiger partial charge is 0.243 e. The van der Waals surface area contributed by atoms with Crippen LogP contribution in [0.1, 0.15) is 22.7 Å². The molecule has 26 heavy (non-hydrogen) atoms. The summed E-state index contributed by atoms with van der Waals surface area (Å²) in [7, 11) is 0.158. The number of likely N-dealkylation sites (N-methyl/N-ethyl adjacent to an activating group) is 1. The van der Waals surface area contributed by atoms with Gasteiger partial charge in [0.1, 0.15) is 5.75 Å². The third-order valence-corrected chi connectivity index (χ3v) is 7.06. The Bertz CT molecular complexity index is 896. The molecule has 1 aliphatic heterocycles. The number of methoxy groups -OCH3 is 1. The van der Waals surface area contributed by atoms with Gasteiger partial charge >= 0.3 is 0 Å². The van der Waals surface area contributed by atoms with E-state index >= 15 is 0 Å². The van der Waals surface area contributed by atoms with Crippen LogP contribution in [0.2, 0.25) is 0 Å². The molecule has 0 saturated carbocycles. The van der Waals surface area contributed by atoms with E-state index in [1.54, 1.807) is 17.5 Å². The van der Waals surface area contributed by atoms with Crippen LogP contribution in [0.5, 0.6) is 5.75 Å². The van der Waals surface area contributed by atoms with E-state index in [9.17, 15) is 8.42 Å². The highest BCUT2D eigenvalue weighted by atomic mass is 32.2. The third kappa shape index (κ3) is 3.63. The van der Waals surface area contributed by atoms with Crippen molar-refractivity contribution in [3.8, 4) is 5.75 Å². The fourth-order valence-corrected chi connectivity index (χ4v) is 5.15. The molecule has 3 rings (SSSR count). The molecule has 0 bridgehead atoms. The minimum Gasteiger partial charge on any atom is -0.497 e. The highest BCUT2D eigenvalue weighted by molar-refractivity contribution is 7.89. The number of nitrogens with zero attached hydrogens (tertiary/aromatic N) is 2. The van der Waals surface area contributed by atoms with Gasteiger partial charge in [0, 0.05) is 25.7 Å². The summed E-state index contributed by atoms with van der Waals surface area (Å²) < 4.78 is 33.3. The van der Waals surface area contributed by atoms with Gasteiger partial charge in [0.2, 0.25) is 10.0 Å². The number of hydrogen-bond donors (Lipinski definition) is 0. The van der Waals surface area contributed by atoms with Gasteiger partial charge in [0.05, 0.1) is 12.0 Å². The predicted octanol–water partition coefficient (Wildman–Crippen LogP) is 2.99. The summed E-state index contributed by atoms with van der Waals surface area (Å²) in [6.07, 6.45) is 0. The molecule has 1 heterocycles. The Morgan fingerprint density at radius 2 is 1.85 bits per heavy atom. The molecule has 0 amide bonds. The van der Waals surface area contributed by atoms with Gasteiger partial charge < -0.3 is 4.74 Å². The molecule has 0 spiro atoms. The lowest BCUT2D eigenvalue weighted by Gasteiger charge is -2.39. The SMILES string of the molecule is COc1cccc(C2CN(S(=O)(=O)c3ccc(C)cc3C)CCN2C)c1. The zero-order valence-corrected chi connectivity index (χ0v) is 16.6. The highest BCUT2D eigenvalue weighted by Gasteiger charge is 2.34. The van der Waals surface area contributed by atoms with Crippen LogP contribution in [0.25, 0.3) is 0 Å². The summed E-state index contributed by atoms with van der Waals surface area (Å²) in [5, 5.41) is 0. The van der Waals surface area contributed by atoms with E-state index in [0.29, 0.717) is 24.5 Å². The van der Waals surface area contributed by atoms with Crippen molar-refractivity contribution in [3.05, 3.63) is 59.2 Å². The molecule has 1 aliphatic rings. The minimum absolute atomic E-state index is 0.000575. The third-order valence-electron chi connectivity index (χ3n) is 5.04. The number of piperazine rings is 1. The number of ether oxygens (including phenoxy) is 1. The quantitative estimate of drug-likeness (QED) is 0.826. The molecule has 2 aromatic carbocycles. The summed E-state index contributed by atoms with van der Waals surface area (Å²) in [5.74, 6) is 0.783. The molecule has 1 atom stereocenters. The molecule has 1 unspecified atom stereocenters. The lowest BCUT2D eigenvalue weighted by Crippen LogP contribution is -2.49. The number of sulfonamides is 1. The first-order chi connectivity index (χ1) is 12.3. The number of hydrogen-bond acceptors (Lipinski definition) is 4. The van der Waals surface area contributed by atoms with Crippen LogP contribution in [-0.4, -0.2) is 51.4 Å². The first kappa shape index (κ1) is 18.9. The second-order valence-corrected chi connectivity index (χ2v) is 8.81. The molecule has 5 nitrogen and oxygen atoms in total. The van der Waals surface area contributed by atoms with Crippen LogP contribution in [-0.2, 0) is 10.0 Å². The minimum atomic E-state index is -3.51. The fraction of sp³-hybridized carbons (Fsp3) is 0.400. The van der Waals surface area contributed by atoms with Crippen LogP contribution in [0.4, 0.5) is 0 Å². The molecular formula is C20H26N2O3S. The van der Waals surface area contributed by atoms with Crippen molar-refractivity contribution >= 4 is 10.0 Å². The Hall–Kier alpha value is -1.89. The Kier molecular flexibility index (Phi) is 5.37. The summed E-state index contributed by atoms with van der Waals surface area (Å²) in [6, 6.07) is 13.3. The van der Waals surface area contributed by atoms with Crippen molar-refractivity contribution in [1.29, 1.82) is 0 Å². The zero-order chi connectivity index (χ0) is 18.9. The lowest BCUT2D eigenvalue weighted by atomic mass is 10.0. The van der Waals surface area contributed by atoms with Gasteiger partial charge in [-0.15, -0.1) is 0 Å². The summed E-state index contributed by atoms with van der Waals surface area (Å²) in [6.45, 7) is 5.44. The lowest BCUT2D eigenvalue weighted by molar-refractivity contribution is 0.148. The number of aryl methyl sites for hydroxylation is 2. The first-order valence-electron chi connectivity index (χ1n) is 8.74. The Morgan fingerprint density at radius 3 is 2.54 bits per heavy atom. The Morgan fingerprint density at radius 1 is 1.08 bits per heavy atom. The first-order valence-corrected chi connectivity index (χ1v) is 10.2. The van der Waals surface area contributed by atoms with E-state index in [1.807, 2.05) is 57.3 Å². The molecule has 2 aromatic rings. The van der Waals surface area contributed by atoms with Crippen LogP contribution < -0.4 is 4.74 Å². The van der Waals surface area contributed by atoms with Gasteiger partial charge in [0.15, 0.2) is 0 Å². The molecule has 0 radical (unpaired) electrons. The summed E-state index contributed by atoms with van der Waals surface area (Å²) >= 11 is 0. The maximum absolute atomic E-state index is 13.2. The van der Waals surface area contributed by atoms with Crippen molar-refractivity contribution in [2.75, 3.05) is 33.8 Å². The Balaban J connectivity index is 1.91. The van der Waals surface area contributed by atoms with Crippen LogP contribution in [0.15, 0.2) is 47.4 Å². The topological polar surface area (TPSA) is 49.9 Å². The van der Waals surface area contributed by atoms with E-state index in [0.717, 1.165) is 22.4 Å². The summed E-state index contributed by atoms with van der Waals surface area (Å²) in [5.41, 5.74) is 2.92. The molecule has 0 N–H and O–H groups in total. The van der Waals surface area contributed by atoms with E-state index in [4.69, 9.17) is 4.74 Å². The van der Waals surface area contributed by atoms with Gasteiger partial charge in [-0.05, 0) is 50.2 Å². The van der Waals surface area contributed by atoms with Crippen LogP contribution in [0.3, 0.4) is 0 Å². The van der Waals surface area contributed by atoms with E-state index in [1.165, 1.54) is 0 Å². The highest BCUT2D eigenvalue weighted by Crippen LogP contribution is 2.30. The zero-order valence-electron chi connectivity index (χ0n) is 15.8. The second-order valence-electron chi connectivity index (χ2n) is 6.91. The van der Waals surface area contributed by atoms with Gasteiger partial charge in [-0.3, -0.25) is 4.90 Å². The number of benzene rings is 2. The van der Waals surface area contributed by atoms with E-state index < -0.39 is 10.0 Å². The van der Waals surface area contributed by atoms with E-state index in [2.05, 4.69) is 4.90 Å².